The number of pyridine rings is 6. The lowest BCUT2D eigenvalue weighted by atomic mass is 9.98. The van der Waals surface area contributed by atoms with Gasteiger partial charge in [0.2, 0.25) is 34.2 Å². The van der Waals surface area contributed by atoms with E-state index in [1.807, 2.05) is 89.5 Å². The first-order chi connectivity index (χ1) is 47.4. The lowest BCUT2D eigenvalue weighted by Crippen LogP contribution is -2.31. The first-order valence-electron chi connectivity index (χ1n) is 35.1. The molecule has 9 heteroatoms. The van der Waals surface area contributed by atoms with Crippen LogP contribution < -0.4 is 13.7 Å². The molecule has 0 N–H and O–H groups in total. The lowest BCUT2D eigenvalue weighted by Gasteiger charge is -2.09. The lowest BCUT2D eigenvalue weighted by molar-refractivity contribution is -0.660. The van der Waals surface area contributed by atoms with Crippen LogP contribution in [0, 0.1) is 54.4 Å². The van der Waals surface area contributed by atoms with Crippen LogP contribution in [0.1, 0.15) is 94.9 Å². The van der Waals surface area contributed by atoms with Gasteiger partial charge in [-0.1, -0.05) is 142 Å². The summed E-state index contributed by atoms with van der Waals surface area (Å²) in [5, 5.41) is 6.28. The number of hydrogen-bond acceptors (Lipinski definition) is 6. The van der Waals surface area contributed by atoms with Gasteiger partial charge in [-0.2, -0.15) is 0 Å². The van der Waals surface area contributed by atoms with Gasteiger partial charge in [0.15, 0.2) is 35.3 Å². The van der Waals surface area contributed by atoms with E-state index in [2.05, 4.69) is 197 Å². The van der Waals surface area contributed by atoms with E-state index in [1.165, 1.54) is 36.1 Å². The second-order valence-corrected chi connectivity index (χ2v) is 24.6. The maximum absolute atomic E-state index is 8.31. The summed E-state index contributed by atoms with van der Waals surface area (Å²) in [4.78, 5) is 13.7. The number of benzene rings is 6. The van der Waals surface area contributed by atoms with Crippen LogP contribution in [0.2, 0.25) is 0 Å². The number of aromatic nitrogens is 6. The zero-order valence-electron chi connectivity index (χ0n) is 62.2. The van der Waals surface area contributed by atoms with Crippen molar-refractivity contribution < 1.29 is 37.9 Å². The highest BCUT2D eigenvalue weighted by Gasteiger charge is 2.25. The minimum Gasteiger partial charge on any atom is -0.437 e. The summed E-state index contributed by atoms with van der Waals surface area (Å²) in [7, 11) is 6.13. The molecule has 0 fully saturated rings. The first kappa shape index (κ1) is 51.4. The molecule has 0 radical (unpaired) electrons. The molecule has 15 rings (SSSR count). The van der Waals surface area contributed by atoms with Gasteiger partial charge in [0.1, 0.15) is 21.1 Å². The fourth-order valence-electron chi connectivity index (χ4n) is 12.7. The Morgan fingerprint density at radius 2 is 0.761 bits per heavy atom. The average Bonchev–Trinajstić information content (AvgIpc) is 1.58. The Balaban J connectivity index is 0.000000135. The summed E-state index contributed by atoms with van der Waals surface area (Å²) in [5.41, 5.74) is 26.2. The molecular formula is C83H79N6O3+3. The quantitative estimate of drug-likeness (QED) is 0.134. The molecule has 92 heavy (non-hydrogen) atoms. The first-order valence-corrected chi connectivity index (χ1v) is 31.1. The van der Waals surface area contributed by atoms with Crippen molar-refractivity contribution in [3.8, 4) is 67.2 Å². The second kappa shape index (κ2) is 24.8. The van der Waals surface area contributed by atoms with Gasteiger partial charge in [-0.15, -0.1) is 0 Å². The monoisotopic (exact) mass is 1220 g/mol. The molecule has 2 unspecified atom stereocenters. The van der Waals surface area contributed by atoms with E-state index in [1.54, 1.807) is 12.1 Å². The SMILES string of the molecule is Cc1cccc(-c2ccc(-c3c(C)ccc4c3oc3nc(C)ccc34)[n+](C)c2)c1.[2H]C([2H])([2H])C([2H])(C)Cc1ccc(-c2ccc(-c3c(C)ccc4c3oc3nc(C)ccc34)[n+](C)c2)cc1.[2H]C([2H])([2H])C([2H])(C)c1ccc(-c2ccc(-c3c(C)ccc4c3oc3nc(C)ccc34)[n+](C)c2)cc1. The summed E-state index contributed by atoms with van der Waals surface area (Å²) >= 11 is 0. The molecular weight excluding hydrogens is 1130 g/mol. The average molecular weight is 1220 g/mol. The van der Waals surface area contributed by atoms with E-state index in [4.69, 9.17) is 24.2 Å². The van der Waals surface area contributed by atoms with Crippen LogP contribution in [0.15, 0.2) is 214 Å². The van der Waals surface area contributed by atoms with Gasteiger partial charge < -0.3 is 13.3 Å². The molecule has 6 aromatic carbocycles. The fourth-order valence-corrected chi connectivity index (χ4v) is 12.7. The number of furan rings is 3. The summed E-state index contributed by atoms with van der Waals surface area (Å²) in [6.07, 6.45) is 6.50. The molecule has 456 valence electrons. The van der Waals surface area contributed by atoms with Gasteiger partial charge in [-0.3, -0.25) is 0 Å². The van der Waals surface area contributed by atoms with E-state index in [0.29, 0.717) is 22.7 Å². The highest BCUT2D eigenvalue weighted by Crippen LogP contribution is 2.40. The summed E-state index contributed by atoms with van der Waals surface area (Å²) in [6.45, 7) is 12.5. The van der Waals surface area contributed by atoms with Crippen molar-refractivity contribution in [2.24, 2.45) is 27.0 Å². The summed E-state index contributed by atoms with van der Waals surface area (Å²) < 4.78 is 87.5. The predicted octanol–water partition coefficient (Wildman–Crippen LogP) is 19.9. The maximum Gasteiger partial charge on any atom is 0.227 e. The van der Waals surface area contributed by atoms with Crippen LogP contribution in [0.25, 0.3) is 133 Å². The molecule has 2 atom stereocenters. The molecule has 9 nitrogen and oxygen atoms in total. The highest BCUT2D eigenvalue weighted by atomic mass is 16.3. The Labute approximate surface area is 550 Å². The molecule has 0 aliphatic heterocycles. The van der Waals surface area contributed by atoms with Crippen LogP contribution >= 0.6 is 0 Å². The van der Waals surface area contributed by atoms with Crippen molar-refractivity contribution in [3.63, 3.8) is 0 Å². The second-order valence-electron chi connectivity index (χ2n) is 24.6. The minimum absolute atomic E-state index is 0.172. The molecule has 0 saturated carbocycles. The molecule has 0 aliphatic rings. The van der Waals surface area contributed by atoms with Crippen LogP contribution in [-0.4, -0.2) is 15.0 Å². The van der Waals surface area contributed by atoms with E-state index >= 15 is 0 Å². The molecule has 0 amide bonds. The predicted molar refractivity (Wildman–Crippen MR) is 376 cm³/mol. The van der Waals surface area contributed by atoms with Crippen LogP contribution in [0.5, 0.6) is 0 Å². The van der Waals surface area contributed by atoms with Gasteiger partial charge in [0.25, 0.3) is 0 Å². The Kier molecular flexibility index (Phi) is 13.8. The zero-order chi connectivity index (χ0) is 71.1. The minimum atomic E-state index is -2.40. The van der Waals surface area contributed by atoms with Gasteiger partial charge in [0.05, 0.1) is 16.7 Å². The maximum atomic E-state index is 8.31. The Bertz CT molecular complexity index is 5690. The molecule has 0 bridgehead atoms. The Morgan fingerprint density at radius 3 is 1.13 bits per heavy atom. The third-order valence-corrected chi connectivity index (χ3v) is 17.5. The van der Waals surface area contributed by atoms with Gasteiger partial charge >= 0.3 is 0 Å². The molecule has 9 heterocycles. The summed E-state index contributed by atoms with van der Waals surface area (Å²) in [5.74, 6) is -3.18. The van der Waals surface area contributed by atoms with Crippen molar-refractivity contribution in [1.29, 1.82) is 0 Å². The van der Waals surface area contributed by atoms with Crippen molar-refractivity contribution in [1.82, 2.24) is 15.0 Å². The van der Waals surface area contributed by atoms with E-state index < -0.39 is 25.5 Å². The molecule has 15 aromatic rings. The van der Waals surface area contributed by atoms with E-state index in [-0.39, 0.29) is 6.42 Å². The summed E-state index contributed by atoms with van der Waals surface area (Å²) in [6, 6.07) is 61.3. The standard InChI is InChI=1S/C29H29N2O.C28H27N2O.C26H23N2O/c1-18(2)16-21-8-10-22(11-9-21)23-12-15-26(31(5)17-23)27-19(3)6-13-24-25-14-7-20(4)30-29(25)32-28(24)27;1-17(2)20-8-10-21(11-9-20)22-12-15-25(30(5)16-22)26-18(3)6-13-23-24-14-7-19(4)29-28(24)31-27(23)26;1-16-6-5-7-19(14-16)20-10-13-23(28(4)15-20)24-17(2)8-11-21-22-12-9-18(3)27-26(22)29-25(21)24/h6-15,17-18H,16H2,1-5H3;6-17H,1-5H3;5-15H,1-4H3/q3*+1/i1D3,18D;1D3,17D;. The van der Waals surface area contributed by atoms with E-state index in [9.17, 15) is 0 Å². The molecule has 9 aromatic heterocycles. The van der Waals surface area contributed by atoms with E-state index in [0.717, 1.165) is 139 Å². The fraction of sp³-hybridized carbons (Fsp3) is 0.205. The normalized spacial score (nSPS) is 14.4. The highest BCUT2D eigenvalue weighted by molar-refractivity contribution is 6.11. The van der Waals surface area contributed by atoms with Crippen LogP contribution in [-0.2, 0) is 27.6 Å². The number of rotatable bonds is 9. The van der Waals surface area contributed by atoms with Gasteiger partial charge in [-0.25, -0.2) is 28.7 Å². The number of nitrogens with zero attached hydrogens (tertiary/aromatic N) is 6. The van der Waals surface area contributed by atoms with Crippen LogP contribution in [0.4, 0.5) is 0 Å². The number of fused-ring (bicyclic) bond motifs is 9. The van der Waals surface area contributed by atoms with Crippen molar-refractivity contribution in [3.05, 3.63) is 251 Å². The number of aryl methyl sites for hydroxylation is 10. The van der Waals surface area contributed by atoms with Crippen LogP contribution in [0.3, 0.4) is 0 Å². The number of hydrogen-bond donors (Lipinski definition) is 0. The largest absolute Gasteiger partial charge is 0.437 e. The Morgan fingerprint density at radius 1 is 0.391 bits per heavy atom. The van der Waals surface area contributed by atoms with Gasteiger partial charge in [-0.05, 0) is 166 Å². The smallest absolute Gasteiger partial charge is 0.227 e. The third-order valence-electron chi connectivity index (χ3n) is 17.5. The molecule has 0 spiro atoms. The van der Waals surface area contributed by atoms with Crippen molar-refractivity contribution in [2.75, 3.05) is 0 Å². The van der Waals surface area contributed by atoms with Crippen molar-refractivity contribution >= 4 is 66.2 Å². The Hall–Kier alpha value is -10.4. The van der Waals surface area contributed by atoms with Crippen molar-refractivity contribution in [2.45, 2.75) is 88.3 Å². The van der Waals surface area contributed by atoms with Gasteiger partial charge in [0, 0.05) is 95.3 Å². The molecule has 0 saturated heterocycles. The zero-order valence-corrected chi connectivity index (χ0v) is 54.2. The molecule has 0 aliphatic carbocycles. The topological polar surface area (TPSA) is 89.7 Å². The third kappa shape index (κ3) is 11.8.